The van der Waals surface area contributed by atoms with Gasteiger partial charge in [0.25, 0.3) is 0 Å². The minimum Gasteiger partial charge on any atom is -0.497 e. The van der Waals surface area contributed by atoms with Crippen molar-refractivity contribution in [3.05, 3.63) is 76.8 Å². The van der Waals surface area contributed by atoms with Gasteiger partial charge in [0.1, 0.15) is 16.5 Å². The number of nitrogens with zero attached hydrogens (tertiary/aromatic N) is 2. The lowest BCUT2D eigenvalue weighted by atomic mass is 10.0. The van der Waals surface area contributed by atoms with Gasteiger partial charge in [-0.3, -0.25) is 14.5 Å². The number of ketones is 1. The summed E-state index contributed by atoms with van der Waals surface area (Å²) in [5.41, 5.74) is 2.26. The lowest BCUT2D eigenvalue weighted by molar-refractivity contribution is -0.142. The number of ether oxygens (including phenoxy) is 2. The summed E-state index contributed by atoms with van der Waals surface area (Å²) >= 11 is 1.26. The molecule has 2 heterocycles. The van der Waals surface area contributed by atoms with Crippen molar-refractivity contribution in [3.63, 3.8) is 0 Å². The zero-order valence-electron chi connectivity index (χ0n) is 18.6. The van der Waals surface area contributed by atoms with Gasteiger partial charge >= 0.3 is 5.97 Å². The van der Waals surface area contributed by atoms with E-state index in [-0.39, 0.29) is 13.1 Å². The maximum absolute atomic E-state index is 13.3. The fraction of sp³-hybridized carbons (Fsp3) is 0.192. The number of carbonyl (C=O) groups excluding carboxylic acids is 1. The maximum atomic E-state index is 13.3. The van der Waals surface area contributed by atoms with Crippen LogP contribution in [0.1, 0.15) is 20.9 Å². The van der Waals surface area contributed by atoms with E-state index >= 15 is 0 Å². The van der Waals surface area contributed by atoms with Crippen molar-refractivity contribution in [2.75, 3.05) is 14.2 Å². The van der Waals surface area contributed by atoms with E-state index in [9.17, 15) is 14.7 Å². The van der Waals surface area contributed by atoms with Crippen LogP contribution in [0, 0.1) is 0 Å². The van der Waals surface area contributed by atoms with Crippen LogP contribution in [0.5, 0.6) is 11.5 Å². The molecule has 1 N–H and O–H groups in total. The molecule has 3 aromatic carbocycles. The van der Waals surface area contributed by atoms with Crippen LogP contribution in [0.3, 0.4) is 0 Å². The highest BCUT2D eigenvalue weighted by Crippen LogP contribution is 2.36. The fourth-order valence-corrected chi connectivity index (χ4v) is 5.32. The first-order chi connectivity index (χ1) is 16.5. The molecule has 1 aromatic heterocycles. The average Bonchev–Trinajstić information content (AvgIpc) is 3.28. The number of hydrogen-bond acceptors (Lipinski definition) is 7. The summed E-state index contributed by atoms with van der Waals surface area (Å²) in [6.07, 6.45) is 0. The van der Waals surface area contributed by atoms with Gasteiger partial charge in [-0.25, -0.2) is 4.98 Å². The number of benzene rings is 3. The van der Waals surface area contributed by atoms with Crippen LogP contribution < -0.4 is 9.47 Å². The summed E-state index contributed by atoms with van der Waals surface area (Å²) in [6, 6.07) is 18.1. The highest BCUT2D eigenvalue weighted by molar-refractivity contribution is 7.17. The van der Waals surface area contributed by atoms with Crippen LogP contribution in [0.25, 0.3) is 21.3 Å². The largest absolute Gasteiger partial charge is 0.497 e. The van der Waals surface area contributed by atoms with Crippen molar-refractivity contribution in [3.8, 4) is 22.1 Å². The molecule has 0 fully saturated rings. The Balaban J connectivity index is 1.50. The number of carboxylic acids is 1. The molecular weight excluding hydrogens is 452 g/mol. The monoisotopic (exact) mass is 474 g/mol. The van der Waals surface area contributed by atoms with E-state index in [2.05, 4.69) is 0 Å². The van der Waals surface area contributed by atoms with E-state index in [0.717, 1.165) is 21.9 Å². The molecule has 0 saturated carbocycles. The van der Waals surface area contributed by atoms with Crippen molar-refractivity contribution in [1.29, 1.82) is 0 Å². The van der Waals surface area contributed by atoms with Crippen molar-refractivity contribution in [2.24, 2.45) is 0 Å². The first-order valence-corrected chi connectivity index (χ1v) is 11.5. The Kier molecular flexibility index (Phi) is 5.77. The number of methoxy groups -OCH3 is 2. The second kappa shape index (κ2) is 8.89. The highest BCUT2D eigenvalue weighted by atomic mass is 32.1. The third-order valence-corrected chi connectivity index (χ3v) is 7.15. The zero-order chi connectivity index (χ0) is 23.8. The van der Waals surface area contributed by atoms with Gasteiger partial charge in [0.15, 0.2) is 6.04 Å². The fourth-order valence-electron chi connectivity index (χ4n) is 4.29. The van der Waals surface area contributed by atoms with E-state index in [1.54, 1.807) is 31.3 Å². The molecule has 0 aliphatic carbocycles. The molecule has 0 amide bonds. The summed E-state index contributed by atoms with van der Waals surface area (Å²) < 4.78 is 10.7. The van der Waals surface area contributed by atoms with E-state index in [1.807, 2.05) is 48.5 Å². The highest BCUT2D eigenvalue weighted by Gasteiger charge is 2.41. The molecule has 0 saturated heterocycles. The van der Waals surface area contributed by atoms with E-state index < -0.39 is 17.8 Å². The Morgan fingerprint density at radius 2 is 1.88 bits per heavy atom. The molecule has 34 heavy (non-hydrogen) atoms. The summed E-state index contributed by atoms with van der Waals surface area (Å²) in [5.74, 6) is -0.418. The first kappa shape index (κ1) is 22.1. The summed E-state index contributed by atoms with van der Waals surface area (Å²) in [5, 5.41) is 12.8. The number of aliphatic carboxylic acids is 1. The molecule has 0 radical (unpaired) electrons. The molecule has 7 nitrogen and oxygen atoms in total. The smallest absolute Gasteiger partial charge is 0.329 e. The molecule has 172 valence electrons. The summed E-state index contributed by atoms with van der Waals surface area (Å²) in [4.78, 5) is 32.2. The number of Topliss-reactive ketones (excluding diaryl/α,β-unsaturated/α-hetero) is 1. The number of carbonyl (C=O) groups is 2. The van der Waals surface area contributed by atoms with Crippen LogP contribution in [-0.2, 0) is 17.9 Å². The van der Waals surface area contributed by atoms with Crippen LogP contribution in [-0.4, -0.2) is 47.0 Å². The van der Waals surface area contributed by atoms with Crippen molar-refractivity contribution < 1.29 is 24.2 Å². The standard InChI is InChI=1S/C26H22N2O5S/c1-32-19-10-9-18(21(12-19)33-2)13-28-14-20-24(23(29)22(28)26(30)31)34-25(27-20)17-8-7-15-5-3-4-6-16(15)11-17/h3-12,22H,13-14H2,1-2H3,(H,30,31). The number of hydrogen-bond donors (Lipinski definition) is 1. The van der Waals surface area contributed by atoms with Gasteiger partial charge in [-0.05, 0) is 22.9 Å². The number of thiazole rings is 1. The zero-order valence-corrected chi connectivity index (χ0v) is 19.5. The number of rotatable bonds is 6. The van der Waals surface area contributed by atoms with Gasteiger partial charge in [0.2, 0.25) is 5.78 Å². The molecular formula is C26H22N2O5S. The molecule has 5 rings (SSSR count). The van der Waals surface area contributed by atoms with Gasteiger partial charge in [0, 0.05) is 30.3 Å². The summed E-state index contributed by atoms with van der Waals surface area (Å²) in [6.45, 7) is 0.468. The Labute approximate surface area is 200 Å². The Hall–Kier alpha value is -3.75. The van der Waals surface area contributed by atoms with Crippen LogP contribution in [0.2, 0.25) is 0 Å². The van der Waals surface area contributed by atoms with Crippen LogP contribution in [0.4, 0.5) is 0 Å². The van der Waals surface area contributed by atoms with Gasteiger partial charge in [-0.15, -0.1) is 11.3 Å². The molecule has 4 aromatic rings. The average molecular weight is 475 g/mol. The molecule has 1 aliphatic heterocycles. The van der Waals surface area contributed by atoms with Gasteiger partial charge in [-0.1, -0.05) is 42.5 Å². The van der Waals surface area contributed by atoms with E-state index in [1.165, 1.54) is 11.3 Å². The third-order valence-electron chi connectivity index (χ3n) is 5.99. The normalized spacial score (nSPS) is 15.8. The maximum Gasteiger partial charge on any atom is 0.329 e. The quantitative estimate of drug-likeness (QED) is 0.408. The second-order valence-corrected chi connectivity index (χ2v) is 9.04. The number of aromatic nitrogens is 1. The van der Waals surface area contributed by atoms with Crippen molar-refractivity contribution in [2.45, 2.75) is 19.1 Å². The number of carboxylic acid groups (broad SMARTS) is 1. The van der Waals surface area contributed by atoms with E-state index in [4.69, 9.17) is 14.5 Å². The van der Waals surface area contributed by atoms with Gasteiger partial charge < -0.3 is 14.6 Å². The predicted molar refractivity (Wildman–Crippen MR) is 130 cm³/mol. The Bertz CT molecular complexity index is 1410. The second-order valence-electron chi connectivity index (χ2n) is 8.04. The molecule has 1 atom stereocenters. The van der Waals surface area contributed by atoms with Crippen molar-refractivity contribution >= 4 is 33.9 Å². The summed E-state index contributed by atoms with van der Waals surface area (Å²) in [7, 11) is 3.11. The van der Waals surface area contributed by atoms with Gasteiger partial charge in [0.05, 0.1) is 24.8 Å². The predicted octanol–water partition coefficient (Wildman–Crippen LogP) is 4.63. The topological polar surface area (TPSA) is 89.0 Å². The molecule has 0 spiro atoms. The van der Waals surface area contributed by atoms with E-state index in [0.29, 0.717) is 27.1 Å². The minimum atomic E-state index is -1.29. The third kappa shape index (κ3) is 3.91. The SMILES string of the molecule is COc1ccc(CN2Cc3nc(-c4ccc5ccccc5c4)sc3C(=O)C2C(=O)O)c(OC)c1. The molecule has 1 unspecified atom stereocenters. The first-order valence-electron chi connectivity index (χ1n) is 10.7. The van der Waals surface area contributed by atoms with Crippen LogP contribution >= 0.6 is 11.3 Å². The lowest BCUT2D eigenvalue weighted by Crippen LogP contribution is -2.49. The van der Waals surface area contributed by atoms with Gasteiger partial charge in [-0.2, -0.15) is 0 Å². The molecule has 1 aliphatic rings. The van der Waals surface area contributed by atoms with Crippen molar-refractivity contribution in [1.82, 2.24) is 9.88 Å². The molecule has 0 bridgehead atoms. The Morgan fingerprint density at radius 1 is 1.09 bits per heavy atom. The lowest BCUT2D eigenvalue weighted by Gasteiger charge is -2.31. The van der Waals surface area contributed by atoms with Crippen LogP contribution in [0.15, 0.2) is 60.7 Å². The Morgan fingerprint density at radius 3 is 2.62 bits per heavy atom. The number of fused-ring (bicyclic) bond motifs is 2. The minimum absolute atomic E-state index is 0.220. The molecule has 8 heteroatoms.